The number of rotatable bonds is 6. The molecule has 2 aromatic heterocycles. The van der Waals surface area contributed by atoms with E-state index in [0.717, 1.165) is 17.1 Å². The maximum Gasteiger partial charge on any atom is 0.233 e. The van der Waals surface area contributed by atoms with Gasteiger partial charge >= 0.3 is 0 Å². The molecule has 0 saturated heterocycles. The first-order valence-electron chi connectivity index (χ1n) is 7.28. The van der Waals surface area contributed by atoms with Crippen LogP contribution in [0.3, 0.4) is 0 Å². The predicted octanol–water partition coefficient (Wildman–Crippen LogP) is 2.64. The van der Waals surface area contributed by atoms with E-state index in [2.05, 4.69) is 29.4 Å². The highest BCUT2D eigenvalue weighted by molar-refractivity contribution is 8.00. The second kappa shape index (κ2) is 7.00. The lowest BCUT2D eigenvalue weighted by molar-refractivity contribution is -0.120. The van der Waals surface area contributed by atoms with Gasteiger partial charge in [-0.2, -0.15) is 0 Å². The van der Waals surface area contributed by atoms with Crippen LogP contribution in [0.5, 0.6) is 0 Å². The highest BCUT2D eigenvalue weighted by atomic mass is 32.2. The Kier molecular flexibility index (Phi) is 5.28. The van der Waals surface area contributed by atoms with Crippen molar-refractivity contribution in [1.29, 1.82) is 0 Å². The molecule has 0 unspecified atom stereocenters. The molecule has 0 aliphatic carbocycles. The van der Waals surface area contributed by atoms with Crippen molar-refractivity contribution in [1.82, 2.24) is 20.1 Å². The maximum atomic E-state index is 12.0. The minimum absolute atomic E-state index is 0.0164. The Labute approximate surface area is 134 Å². The third kappa shape index (κ3) is 3.71. The van der Waals surface area contributed by atoms with Gasteiger partial charge in [-0.1, -0.05) is 25.6 Å². The van der Waals surface area contributed by atoms with Crippen LogP contribution in [0.4, 0.5) is 0 Å². The number of nitrogens with zero attached hydrogens (tertiary/aromatic N) is 3. The van der Waals surface area contributed by atoms with Gasteiger partial charge in [0, 0.05) is 13.6 Å². The van der Waals surface area contributed by atoms with E-state index in [4.69, 9.17) is 4.42 Å². The van der Waals surface area contributed by atoms with Crippen molar-refractivity contribution in [3.05, 3.63) is 18.1 Å². The quantitative estimate of drug-likeness (QED) is 0.828. The molecule has 0 saturated carbocycles. The summed E-state index contributed by atoms with van der Waals surface area (Å²) >= 11 is 1.40. The third-order valence-electron chi connectivity index (χ3n) is 3.27. The highest BCUT2D eigenvalue weighted by Gasteiger charge is 2.20. The smallest absolute Gasteiger partial charge is 0.233 e. The van der Waals surface area contributed by atoms with Crippen molar-refractivity contribution < 1.29 is 9.21 Å². The first-order chi connectivity index (χ1) is 10.4. The third-order valence-corrected chi connectivity index (χ3v) is 4.40. The van der Waals surface area contributed by atoms with Crippen molar-refractivity contribution in [3.8, 4) is 11.4 Å². The van der Waals surface area contributed by atoms with Gasteiger partial charge in [0.05, 0.1) is 17.1 Å². The number of thioether (sulfide) groups is 1. The van der Waals surface area contributed by atoms with Gasteiger partial charge in [0.15, 0.2) is 11.0 Å². The standard InChI is InChI=1S/C15H22N4O2S/c1-9(2)8-16-14(20)11(4)22-15-18-17-13(19(15)5)12-6-7-21-10(12)3/h6-7,9,11H,8H2,1-5H3,(H,16,20)/t11-/m0/s1. The van der Waals surface area contributed by atoms with E-state index < -0.39 is 0 Å². The Morgan fingerprint density at radius 1 is 1.41 bits per heavy atom. The zero-order valence-electron chi connectivity index (χ0n) is 13.6. The normalized spacial score (nSPS) is 12.6. The monoisotopic (exact) mass is 322 g/mol. The van der Waals surface area contributed by atoms with Gasteiger partial charge in [-0.3, -0.25) is 4.79 Å². The van der Waals surface area contributed by atoms with Crippen LogP contribution in [-0.2, 0) is 11.8 Å². The van der Waals surface area contributed by atoms with Crippen molar-refractivity contribution in [3.63, 3.8) is 0 Å². The minimum Gasteiger partial charge on any atom is -0.469 e. The molecule has 2 heterocycles. The van der Waals surface area contributed by atoms with Gasteiger partial charge in [0.2, 0.25) is 5.91 Å². The van der Waals surface area contributed by atoms with Crippen molar-refractivity contribution >= 4 is 17.7 Å². The van der Waals surface area contributed by atoms with Gasteiger partial charge in [-0.05, 0) is 25.8 Å². The fraction of sp³-hybridized carbons (Fsp3) is 0.533. The SMILES string of the molecule is Cc1occc1-c1nnc(S[C@@H](C)C(=O)NCC(C)C)n1C. The zero-order valence-corrected chi connectivity index (χ0v) is 14.4. The summed E-state index contributed by atoms with van der Waals surface area (Å²) < 4.78 is 7.19. The minimum atomic E-state index is -0.222. The Hall–Kier alpha value is -1.76. The van der Waals surface area contributed by atoms with Crippen LogP contribution in [-0.4, -0.2) is 32.5 Å². The zero-order chi connectivity index (χ0) is 16.3. The molecule has 120 valence electrons. The fourth-order valence-electron chi connectivity index (χ4n) is 1.93. The molecule has 2 rings (SSSR count). The second-order valence-electron chi connectivity index (χ2n) is 5.65. The first kappa shape index (κ1) is 16.6. The molecule has 0 aliphatic heterocycles. The summed E-state index contributed by atoms with van der Waals surface area (Å²) in [5.74, 6) is 1.99. The van der Waals surface area contributed by atoms with Crippen LogP contribution in [0.1, 0.15) is 26.5 Å². The van der Waals surface area contributed by atoms with Crippen LogP contribution in [0.15, 0.2) is 21.9 Å². The lowest BCUT2D eigenvalue weighted by atomic mass is 10.2. The van der Waals surface area contributed by atoms with Gasteiger partial charge in [0.1, 0.15) is 5.76 Å². The Morgan fingerprint density at radius 2 is 2.14 bits per heavy atom. The number of aromatic nitrogens is 3. The van der Waals surface area contributed by atoms with E-state index in [1.54, 1.807) is 6.26 Å². The summed E-state index contributed by atoms with van der Waals surface area (Å²) in [5.41, 5.74) is 0.916. The molecule has 1 atom stereocenters. The van der Waals surface area contributed by atoms with E-state index in [0.29, 0.717) is 17.6 Å². The molecule has 0 aromatic carbocycles. The van der Waals surface area contributed by atoms with Gasteiger partial charge in [-0.25, -0.2) is 0 Å². The van der Waals surface area contributed by atoms with Crippen molar-refractivity contribution in [2.75, 3.05) is 6.54 Å². The number of carbonyl (C=O) groups excluding carboxylic acids is 1. The number of aryl methyl sites for hydroxylation is 1. The second-order valence-corrected chi connectivity index (χ2v) is 6.96. The number of nitrogens with one attached hydrogen (secondary N) is 1. The molecule has 0 bridgehead atoms. The number of amides is 1. The molecule has 0 spiro atoms. The lowest BCUT2D eigenvalue weighted by Crippen LogP contribution is -2.33. The Morgan fingerprint density at radius 3 is 2.73 bits per heavy atom. The predicted molar refractivity (Wildman–Crippen MR) is 86.6 cm³/mol. The van der Waals surface area contributed by atoms with Crippen LogP contribution < -0.4 is 5.32 Å². The molecule has 2 aromatic rings. The summed E-state index contributed by atoms with van der Waals surface area (Å²) in [4.78, 5) is 12.0. The molecule has 7 heteroatoms. The van der Waals surface area contributed by atoms with Crippen LogP contribution in [0, 0.1) is 12.8 Å². The molecule has 0 fully saturated rings. The Balaban J connectivity index is 2.07. The average molecular weight is 322 g/mol. The topological polar surface area (TPSA) is 72.9 Å². The summed E-state index contributed by atoms with van der Waals surface area (Å²) in [6, 6.07) is 1.87. The summed E-state index contributed by atoms with van der Waals surface area (Å²) in [5, 5.41) is 11.8. The summed E-state index contributed by atoms with van der Waals surface area (Å²) in [7, 11) is 1.89. The molecule has 1 amide bonds. The van der Waals surface area contributed by atoms with Crippen molar-refractivity contribution in [2.45, 2.75) is 38.1 Å². The summed E-state index contributed by atoms with van der Waals surface area (Å²) in [6.45, 7) is 8.58. The van der Waals surface area contributed by atoms with E-state index in [-0.39, 0.29) is 11.2 Å². The Bertz CT molecular complexity index is 648. The fourth-order valence-corrected chi connectivity index (χ4v) is 2.77. The molecular weight excluding hydrogens is 300 g/mol. The molecule has 6 nitrogen and oxygen atoms in total. The number of hydrogen-bond donors (Lipinski definition) is 1. The van der Waals surface area contributed by atoms with Crippen LogP contribution in [0.2, 0.25) is 0 Å². The number of hydrogen-bond acceptors (Lipinski definition) is 5. The van der Waals surface area contributed by atoms with Gasteiger partial charge in [-0.15, -0.1) is 10.2 Å². The van der Waals surface area contributed by atoms with Gasteiger partial charge < -0.3 is 14.3 Å². The van der Waals surface area contributed by atoms with Crippen LogP contribution >= 0.6 is 11.8 Å². The highest BCUT2D eigenvalue weighted by Crippen LogP contribution is 2.27. The first-order valence-corrected chi connectivity index (χ1v) is 8.16. The number of furan rings is 1. The largest absolute Gasteiger partial charge is 0.469 e. The average Bonchev–Trinajstić information content (AvgIpc) is 3.03. The van der Waals surface area contributed by atoms with E-state index in [9.17, 15) is 4.79 Å². The van der Waals surface area contributed by atoms with Crippen molar-refractivity contribution in [2.24, 2.45) is 13.0 Å². The lowest BCUT2D eigenvalue weighted by Gasteiger charge is -2.12. The number of carbonyl (C=O) groups is 1. The molecule has 0 aliphatic rings. The molecule has 1 N–H and O–H groups in total. The summed E-state index contributed by atoms with van der Waals surface area (Å²) in [6.07, 6.45) is 1.63. The maximum absolute atomic E-state index is 12.0. The molecule has 22 heavy (non-hydrogen) atoms. The van der Waals surface area contributed by atoms with E-state index >= 15 is 0 Å². The van der Waals surface area contributed by atoms with E-state index in [1.165, 1.54) is 11.8 Å². The molecule has 0 radical (unpaired) electrons. The molecular formula is C15H22N4O2S. The van der Waals surface area contributed by atoms with E-state index in [1.807, 2.05) is 31.5 Å². The van der Waals surface area contributed by atoms with Gasteiger partial charge in [0.25, 0.3) is 0 Å². The van der Waals surface area contributed by atoms with Crippen LogP contribution in [0.25, 0.3) is 11.4 Å².